The third kappa shape index (κ3) is 4.51. The number of thiocarbonyl (C=S) groups is 1. The van der Waals surface area contributed by atoms with Crippen molar-refractivity contribution in [3.63, 3.8) is 0 Å². The van der Waals surface area contributed by atoms with E-state index in [4.69, 9.17) is 17.0 Å². The van der Waals surface area contributed by atoms with Crippen molar-refractivity contribution in [2.75, 3.05) is 19.0 Å². The lowest BCUT2D eigenvalue weighted by atomic mass is 10.4. The van der Waals surface area contributed by atoms with E-state index in [1.165, 1.54) is 0 Å². The Morgan fingerprint density at radius 3 is 3.00 bits per heavy atom. The van der Waals surface area contributed by atoms with Crippen LogP contribution in [-0.4, -0.2) is 33.3 Å². The topological polar surface area (TPSA) is 64.0 Å². The number of imidazole rings is 1. The fourth-order valence-corrected chi connectivity index (χ4v) is 1.85. The Morgan fingerprint density at radius 1 is 1.45 bits per heavy atom. The minimum Gasteiger partial charge on any atom is -0.481 e. The average molecular weight is 291 g/mol. The molecule has 0 atom stereocenters. The summed E-state index contributed by atoms with van der Waals surface area (Å²) in [7, 11) is 1.59. The number of aryl methyl sites for hydroxylation is 1. The minimum atomic E-state index is 0.578. The molecule has 0 amide bonds. The molecule has 0 aliphatic rings. The molecule has 0 saturated heterocycles. The summed E-state index contributed by atoms with van der Waals surface area (Å²) in [5, 5.41) is 6.81. The first-order chi connectivity index (χ1) is 9.78. The first-order valence-electron chi connectivity index (χ1n) is 6.28. The Hall–Kier alpha value is -2.15. The van der Waals surface area contributed by atoms with Crippen LogP contribution >= 0.6 is 12.2 Å². The van der Waals surface area contributed by atoms with Gasteiger partial charge in [0.1, 0.15) is 0 Å². The van der Waals surface area contributed by atoms with Gasteiger partial charge in [0.15, 0.2) is 5.11 Å². The summed E-state index contributed by atoms with van der Waals surface area (Å²) < 4.78 is 7.03. The summed E-state index contributed by atoms with van der Waals surface area (Å²) >= 11 is 5.21. The summed E-state index contributed by atoms with van der Waals surface area (Å²) in [4.78, 5) is 8.09. The standard InChI is InChI=1S/C13H17N5OS/c1-19-12-4-3-11(9-16-12)17-13(20)15-5-2-7-18-8-6-14-10-18/h3-4,6,8-10H,2,5,7H2,1H3,(H2,15,17,20). The number of nitrogens with one attached hydrogen (secondary N) is 2. The van der Waals surface area contributed by atoms with Crippen LogP contribution in [0.15, 0.2) is 37.1 Å². The van der Waals surface area contributed by atoms with Crippen LogP contribution in [0.2, 0.25) is 0 Å². The highest BCUT2D eigenvalue weighted by Crippen LogP contribution is 2.10. The van der Waals surface area contributed by atoms with Crippen molar-refractivity contribution in [1.82, 2.24) is 19.9 Å². The molecular weight excluding hydrogens is 274 g/mol. The average Bonchev–Trinajstić information content (AvgIpc) is 2.98. The molecule has 0 saturated carbocycles. The largest absolute Gasteiger partial charge is 0.481 e. The number of aromatic nitrogens is 3. The highest BCUT2D eigenvalue weighted by atomic mass is 32.1. The van der Waals surface area contributed by atoms with Gasteiger partial charge in [-0.25, -0.2) is 9.97 Å². The van der Waals surface area contributed by atoms with Gasteiger partial charge in [-0.05, 0) is 24.7 Å². The van der Waals surface area contributed by atoms with Gasteiger partial charge in [-0.3, -0.25) is 0 Å². The summed E-state index contributed by atoms with van der Waals surface area (Å²) in [5.74, 6) is 0.578. The Bertz CT molecular complexity index is 526. The zero-order valence-corrected chi connectivity index (χ0v) is 12.1. The highest BCUT2D eigenvalue weighted by Gasteiger charge is 1.99. The molecule has 0 radical (unpaired) electrons. The van der Waals surface area contributed by atoms with Crippen molar-refractivity contribution in [1.29, 1.82) is 0 Å². The van der Waals surface area contributed by atoms with Crippen molar-refractivity contribution in [3.05, 3.63) is 37.1 Å². The lowest BCUT2D eigenvalue weighted by Crippen LogP contribution is -2.29. The maximum atomic E-state index is 5.21. The Labute approximate surface area is 123 Å². The van der Waals surface area contributed by atoms with E-state index >= 15 is 0 Å². The molecule has 0 unspecified atom stereocenters. The van der Waals surface area contributed by atoms with Gasteiger partial charge >= 0.3 is 0 Å². The molecule has 2 aromatic heterocycles. The van der Waals surface area contributed by atoms with E-state index in [-0.39, 0.29) is 0 Å². The quantitative estimate of drug-likeness (QED) is 0.623. The molecule has 0 aliphatic heterocycles. The van der Waals surface area contributed by atoms with Gasteiger partial charge in [-0.15, -0.1) is 0 Å². The monoisotopic (exact) mass is 291 g/mol. The van der Waals surface area contributed by atoms with Crippen LogP contribution in [0.25, 0.3) is 0 Å². The van der Waals surface area contributed by atoms with Crippen molar-refractivity contribution in [2.24, 2.45) is 0 Å². The number of methoxy groups -OCH3 is 1. The molecule has 2 heterocycles. The SMILES string of the molecule is COc1ccc(NC(=S)NCCCn2ccnc2)cn1. The van der Waals surface area contributed by atoms with E-state index in [1.54, 1.807) is 31.9 Å². The Kier molecular flexibility index (Phi) is 5.31. The molecule has 106 valence electrons. The van der Waals surface area contributed by atoms with E-state index < -0.39 is 0 Å². The third-order valence-corrected chi connectivity index (χ3v) is 2.89. The summed E-state index contributed by atoms with van der Waals surface area (Å²) in [6.45, 7) is 1.72. The zero-order valence-electron chi connectivity index (χ0n) is 11.2. The van der Waals surface area contributed by atoms with E-state index in [2.05, 4.69) is 20.6 Å². The van der Waals surface area contributed by atoms with Crippen molar-refractivity contribution in [3.8, 4) is 5.88 Å². The molecule has 0 spiro atoms. The smallest absolute Gasteiger partial charge is 0.213 e. The number of rotatable bonds is 6. The van der Waals surface area contributed by atoms with Gasteiger partial charge in [0.05, 0.1) is 25.3 Å². The molecule has 2 rings (SSSR count). The second-order valence-corrected chi connectivity index (χ2v) is 4.53. The molecule has 20 heavy (non-hydrogen) atoms. The van der Waals surface area contributed by atoms with Gasteiger partial charge in [-0.1, -0.05) is 0 Å². The van der Waals surface area contributed by atoms with Crippen LogP contribution < -0.4 is 15.4 Å². The number of hydrogen-bond donors (Lipinski definition) is 2. The molecule has 2 aromatic rings. The van der Waals surface area contributed by atoms with E-state index in [1.807, 2.05) is 16.8 Å². The van der Waals surface area contributed by atoms with Crippen LogP contribution in [0.5, 0.6) is 5.88 Å². The second kappa shape index (κ2) is 7.44. The van der Waals surface area contributed by atoms with Crippen LogP contribution in [0, 0.1) is 0 Å². The molecule has 0 fully saturated rings. The maximum absolute atomic E-state index is 5.21. The highest BCUT2D eigenvalue weighted by molar-refractivity contribution is 7.80. The van der Waals surface area contributed by atoms with Crippen LogP contribution in [0.1, 0.15) is 6.42 Å². The van der Waals surface area contributed by atoms with E-state index in [9.17, 15) is 0 Å². The number of nitrogens with zero attached hydrogens (tertiary/aromatic N) is 3. The predicted octanol–water partition coefficient (Wildman–Crippen LogP) is 1.66. The first-order valence-corrected chi connectivity index (χ1v) is 6.69. The van der Waals surface area contributed by atoms with Crippen molar-refractivity contribution in [2.45, 2.75) is 13.0 Å². The molecule has 6 nitrogen and oxygen atoms in total. The number of anilines is 1. The zero-order chi connectivity index (χ0) is 14.2. The lowest BCUT2D eigenvalue weighted by molar-refractivity contribution is 0.398. The van der Waals surface area contributed by atoms with Crippen molar-refractivity contribution >= 4 is 23.0 Å². The summed E-state index contributed by atoms with van der Waals surface area (Å²) in [6, 6.07) is 3.65. The fourth-order valence-electron chi connectivity index (χ4n) is 1.63. The normalized spacial score (nSPS) is 10.1. The van der Waals surface area contributed by atoms with E-state index in [0.717, 1.165) is 25.2 Å². The van der Waals surface area contributed by atoms with Gasteiger partial charge in [0, 0.05) is 31.5 Å². The fraction of sp³-hybridized carbons (Fsp3) is 0.308. The van der Waals surface area contributed by atoms with Crippen LogP contribution in [0.4, 0.5) is 5.69 Å². The van der Waals surface area contributed by atoms with Gasteiger partial charge in [0.2, 0.25) is 5.88 Å². The number of hydrogen-bond acceptors (Lipinski definition) is 4. The number of ether oxygens (including phenoxy) is 1. The van der Waals surface area contributed by atoms with E-state index in [0.29, 0.717) is 11.0 Å². The summed E-state index contributed by atoms with van der Waals surface area (Å²) in [5.41, 5.74) is 0.831. The molecular formula is C13H17N5OS. The van der Waals surface area contributed by atoms with Crippen LogP contribution in [0.3, 0.4) is 0 Å². The summed E-state index contributed by atoms with van der Waals surface area (Å²) in [6.07, 6.45) is 8.17. The van der Waals surface area contributed by atoms with Gasteiger partial charge < -0.3 is 19.9 Å². The third-order valence-electron chi connectivity index (χ3n) is 2.64. The molecule has 0 aromatic carbocycles. The van der Waals surface area contributed by atoms with Gasteiger partial charge in [0.25, 0.3) is 0 Å². The van der Waals surface area contributed by atoms with Gasteiger partial charge in [-0.2, -0.15) is 0 Å². The van der Waals surface area contributed by atoms with Crippen LogP contribution in [-0.2, 0) is 6.54 Å². The molecule has 0 bridgehead atoms. The van der Waals surface area contributed by atoms with Crippen molar-refractivity contribution < 1.29 is 4.74 Å². The lowest BCUT2D eigenvalue weighted by Gasteiger charge is -2.10. The molecule has 7 heteroatoms. The second-order valence-electron chi connectivity index (χ2n) is 4.12. The maximum Gasteiger partial charge on any atom is 0.213 e. The molecule has 0 aliphatic carbocycles. The molecule has 2 N–H and O–H groups in total. The Morgan fingerprint density at radius 2 is 2.35 bits per heavy atom. The first kappa shape index (κ1) is 14.3. The Balaban J connectivity index is 1.66. The minimum absolute atomic E-state index is 0.578. The predicted molar refractivity (Wildman–Crippen MR) is 81.9 cm³/mol. The number of pyridine rings is 1.